The minimum atomic E-state index is -4.57. The van der Waals surface area contributed by atoms with Crippen LogP contribution in [0.2, 0.25) is 0 Å². The first kappa shape index (κ1) is 27.5. The van der Waals surface area contributed by atoms with E-state index in [1.807, 2.05) is 13.8 Å². The third-order valence-corrected chi connectivity index (χ3v) is 8.15. The van der Waals surface area contributed by atoms with Gasteiger partial charge >= 0.3 is 0 Å². The molecule has 202 valence electrons. The number of rotatable bonds is 8. The predicted octanol–water partition coefficient (Wildman–Crippen LogP) is 3.26. The van der Waals surface area contributed by atoms with E-state index in [0.29, 0.717) is 28.2 Å². The van der Waals surface area contributed by atoms with Crippen molar-refractivity contribution in [3.8, 4) is 0 Å². The van der Waals surface area contributed by atoms with Gasteiger partial charge in [0.25, 0.3) is 21.8 Å². The maximum Gasteiger partial charge on any atom is 0.287 e. The molecule has 0 radical (unpaired) electrons. The molecule has 2 heterocycles. The minimum Gasteiger partial charge on any atom is -0.451 e. The zero-order valence-corrected chi connectivity index (χ0v) is 22.0. The van der Waals surface area contributed by atoms with Gasteiger partial charge in [-0.1, -0.05) is 32.0 Å². The van der Waals surface area contributed by atoms with Gasteiger partial charge in [-0.05, 0) is 68.1 Å². The van der Waals surface area contributed by atoms with Gasteiger partial charge in [0.2, 0.25) is 0 Å². The van der Waals surface area contributed by atoms with Crippen molar-refractivity contribution >= 4 is 38.6 Å². The van der Waals surface area contributed by atoms with E-state index in [4.69, 9.17) is 4.42 Å². The van der Waals surface area contributed by atoms with E-state index in [1.165, 1.54) is 6.07 Å². The van der Waals surface area contributed by atoms with Gasteiger partial charge in [-0.25, -0.2) is 17.1 Å². The molecule has 4 rings (SSSR count). The van der Waals surface area contributed by atoms with Crippen molar-refractivity contribution in [1.82, 2.24) is 14.9 Å². The molecule has 2 aromatic carbocycles. The summed E-state index contributed by atoms with van der Waals surface area (Å²) in [5, 5.41) is 6.26. The van der Waals surface area contributed by atoms with E-state index in [-0.39, 0.29) is 36.0 Å². The first-order valence-corrected chi connectivity index (χ1v) is 13.9. The molecule has 3 aromatic rings. The van der Waals surface area contributed by atoms with Gasteiger partial charge in [0.1, 0.15) is 23.5 Å². The van der Waals surface area contributed by atoms with Crippen molar-refractivity contribution < 1.29 is 31.6 Å². The number of ketones is 1. The van der Waals surface area contributed by atoms with Crippen LogP contribution >= 0.6 is 0 Å². The number of hydrogen-bond acceptors (Lipinski definition) is 7. The summed E-state index contributed by atoms with van der Waals surface area (Å²) in [6.07, 6.45) is 0.683. The molecule has 1 aliphatic heterocycles. The molecule has 2 atom stereocenters. The number of benzene rings is 2. The number of nitrogens with one attached hydrogen (secondary N) is 2. The lowest BCUT2D eigenvalue weighted by molar-refractivity contribution is -0.135. The molecule has 2 amide bonds. The van der Waals surface area contributed by atoms with Crippen LogP contribution in [0.25, 0.3) is 11.0 Å². The van der Waals surface area contributed by atoms with E-state index < -0.39 is 45.5 Å². The summed E-state index contributed by atoms with van der Waals surface area (Å²) in [5.74, 6) is -2.88. The Kier molecular flexibility index (Phi) is 8.27. The Labute approximate surface area is 220 Å². The summed E-state index contributed by atoms with van der Waals surface area (Å²) in [6, 6.07) is 10.1. The van der Waals surface area contributed by atoms with Crippen LogP contribution in [0, 0.1) is 11.7 Å². The minimum absolute atomic E-state index is 0.0320. The molecule has 9 nitrogen and oxygen atoms in total. The monoisotopic (exact) mass is 543 g/mol. The number of carbonyl (C=O) groups excluding carboxylic acids is 3. The summed E-state index contributed by atoms with van der Waals surface area (Å²) in [7, 11) is -4.57. The van der Waals surface area contributed by atoms with Gasteiger partial charge in [-0.15, -0.1) is 0 Å². The number of nitrogens with zero attached hydrogens (tertiary/aromatic N) is 1. The van der Waals surface area contributed by atoms with E-state index in [9.17, 15) is 27.2 Å². The number of fused-ring (bicyclic) bond motifs is 1. The summed E-state index contributed by atoms with van der Waals surface area (Å²) < 4.78 is 47.3. The second-order valence-corrected chi connectivity index (χ2v) is 11.5. The summed E-state index contributed by atoms with van der Waals surface area (Å²) in [6.45, 7) is 4.03. The summed E-state index contributed by atoms with van der Waals surface area (Å²) in [5.41, 5.74) is 0.487. The lowest BCUT2D eigenvalue weighted by Gasteiger charge is -2.33. The third kappa shape index (κ3) is 5.94. The third-order valence-electron chi connectivity index (χ3n) is 6.33. The number of Topliss-reactive ketones (excluding diaryl/α,β-unsaturated/α-hetero) is 1. The average molecular weight is 544 g/mol. The maximum absolute atomic E-state index is 14.0. The van der Waals surface area contributed by atoms with Crippen LogP contribution < -0.4 is 10.6 Å². The number of carbonyl (C=O) groups is 3. The Morgan fingerprint density at radius 3 is 2.55 bits per heavy atom. The van der Waals surface area contributed by atoms with Gasteiger partial charge in [-0.2, -0.15) is 0 Å². The second kappa shape index (κ2) is 11.4. The van der Waals surface area contributed by atoms with Crippen molar-refractivity contribution in [2.45, 2.75) is 50.1 Å². The zero-order chi connectivity index (χ0) is 27.4. The molecule has 1 unspecified atom stereocenters. The van der Waals surface area contributed by atoms with E-state index in [0.717, 1.165) is 24.3 Å². The first-order valence-electron chi connectivity index (χ1n) is 12.4. The van der Waals surface area contributed by atoms with Gasteiger partial charge < -0.3 is 15.1 Å². The molecule has 1 aromatic heterocycles. The zero-order valence-electron chi connectivity index (χ0n) is 21.1. The Bertz CT molecular complexity index is 1400. The molecule has 2 N–H and O–H groups in total. The highest BCUT2D eigenvalue weighted by atomic mass is 32.2. The molecule has 1 fully saturated rings. The molecule has 11 heteroatoms. The Balaban J connectivity index is 1.72. The molecule has 0 spiro atoms. The quantitative estimate of drug-likeness (QED) is 0.447. The fraction of sp³-hybridized carbons (Fsp3) is 0.370. The lowest BCUT2D eigenvalue weighted by Crippen LogP contribution is -2.56. The fourth-order valence-electron chi connectivity index (χ4n) is 4.49. The smallest absolute Gasteiger partial charge is 0.287 e. The SMILES string of the molecule is CC(C)CC(NC(=O)c1cc2ccccc2o1)C(=O)N([C@H]1CCCNCC1=O)S(=O)(=O)c1ccc(F)cc1. The van der Waals surface area contributed by atoms with Crippen LogP contribution in [-0.2, 0) is 19.6 Å². The van der Waals surface area contributed by atoms with Crippen molar-refractivity contribution in [3.05, 3.63) is 66.2 Å². The molecule has 38 heavy (non-hydrogen) atoms. The van der Waals surface area contributed by atoms with Crippen LogP contribution in [0.5, 0.6) is 0 Å². The molecular formula is C27H30FN3O6S. The molecule has 1 aliphatic rings. The van der Waals surface area contributed by atoms with Crippen molar-refractivity contribution in [2.75, 3.05) is 13.1 Å². The van der Waals surface area contributed by atoms with Crippen LogP contribution in [0.15, 0.2) is 63.9 Å². The molecule has 0 saturated carbocycles. The second-order valence-electron chi connectivity index (χ2n) is 9.70. The van der Waals surface area contributed by atoms with Crippen LogP contribution in [-0.4, -0.2) is 55.5 Å². The highest BCUT2D eigenvalue weighted by Crippen LogP contribution is 2.25. The number of hydrogen-bond donors (Lipinski definition) is 2. The van der Waals surface area contributed by atoms with Gasteiger partial charge in [0.15, 0.2) is 11.5 Å². The summed E-state index contributed by atoms with van der Waals surface area (Å²) >= 11 is 0. The predicted molar refractivity (Wildman–Crippen MR) is 138 cm³/mol. The van der Waals surface area contributed by atoms with Crippen molar-refractivity contribution in [1.29, 1.82) is 0 Å². The first-order chi connectivity index (χ1) is 18.1. The van der Waals surface area contributed by atoms with Crippen LogP contribution in [0.3, 0.4) is 0 Å². The van der Waals surface area contributed by atoms with Crippen molar-refractivity contribution in [2.24, 2.45) is 5.92 Å². The van der Waals surface area contributed by atoms with Gasteiger partial charge in [-0.3, -0.25) is 14.4 Å². The number of halogens is 1. The lowest BCUT2D eigenvalue weighted by atomic mass is 10.0. The topological polar surface area (TPSA) is 126 Å². The molecule has 0 aliphatic carbocycles. The van der Waals surface area contributed by atoms with Crippen LogP contribution in [0.4, 0.5) is 4.39 Å². The standard InChI is InChI=1S/C27H30FN3O6S/c1-17(2)14-21(30-26(33)25-15-18-6-3-4-8-24(18)37-25)27(34)31(22-7-5-13-29-16-23(22)32)38(35,36)20-11-9-19(28)10-12-20/h3-4,6,8-12,15,17,21-22,29H,5,7,13-14,16H2,1-2H3,(H,30,33)/t21?,22-/m0/s1. The van der Waals surface area contributed by atoms with E-state index in [1.54, 1.807) is 24.3 Å². The maximum atomic E-state index is 14.0. The van der Waals surface area contributed by atoms with Crippen LogP contribution in [0.1, 0.15) is 43.7 Å². The molecular weight excluding hydrogens is 513 g/mol. The Morgan fingerprint density at radius 1 is 1.16 bits per heavy atom. The number of amides is 2. The molecule has 1 saturated heterocycles. The number of furan rings is 1. The number of para-hydroxylation sites is 1. The summed E-state index contributed by atoms with van der Waals surface area (Å²) in [4.78, 5) is 39.8. The highest BCUT2D eigenvalue weighted by molar-refractivity contribution is 7.89. The average Bonchev–Trinajstić information content (AvgIpc) is 3.21. The Morgan fingerprint density at radius 2 is 1.87 bits per heavy atom. The van der Waals surface area contributed by atoms with E-state index in [2.05, 4.69) is 10.6 Å². The number of sulfonamides is 1. The van der Waals surface area contributed by atoms with Gasteiger partial charge in [0, 0.05) is 5.39 Å². The normalized spacial score (nSPS) is 17.3. The van der Waals surface area contributed by atoms with E-state index >= 15 is 0 Å². The largest absolute Gasteiger partial charge is 0.451 e. The van der Waals surface area contributed by atoms with Gasteiger partial charge in [0.05, 0.1) is 11.4 Å². The molecule has 0 bridgehead atoms. The fourth-order valence-corrected chi connectivity index (χ4v) is 6.12. The highest BCUT2D eigenvalue weighted by Gasteiger charge is 2.43. The van der Waals surface area contributed by atoms with Crippen molar-refractivity contribution in [3.63, 3.8) is 0 Å². The Hall–Kier alpha value is -3.57.